The lowest BCUT2D eigenvalue weighted by Crippen LogP contribution is -2.43. The highest BCUT2D eigenvalue weighted by Gasteiger charge is 2.34. The van der Waals surface area contributed by atoms with Gasteiger partial charge in [-0.25, -0.2) is 9.78 Å². The number of thiophene rings is 1. The Morgan fingerprint density at radius 3 is 2.73 bits per heavy atom. The van der Waals surface area contributed by atoms with Crippen molar-refractivity contribution in [1.82, 2.24) is 9.88 Å². The number of anilines is 2. The Morgan fingerprint density at radius 2 is 2.03 bits per heavy atom. The number of nitrogens with one attached hydrogen (secondary N) is 2. The molecule has 1 unspecified atom stereocenters. The molecular formula is C20H24N4O4S2. The lowest BCUT2D eigenvalue weighted by molar-refractivity contribution is -0.145. The van der Waals surface area contributed by atoms with Gasteiger partial charge in [-0.05, 0) is 50.1 Å². The van der Waals surface area contributed by atoms with E-state index in [4.69, 9.17) is 4.74 Å². The maximum atomic E-state index is 12.7. The molecule has 1 fully saturated rings. The summed E-state index contributed by atoms with van der Waals surface area (Å²) in [6, 6.07) is 3.62. The number of nitrogens with zero attached hydrogens (tertiary/aromatic N) is 2. The van der Waals surface area contributed by atoms with Gasteiger partial charge in [0.05, 0.1) is 17.3 Å². The smallest absolute Gasteiger partial charge is 0.322 e. The van der Waals surface area contributed by atoms with Crippen molar-refractivity contribution in [2.45, 2.75) is 38.5 Å². The molecule has 4 rings (SSSR count). The number of urea groups is 1. The number of aryl methyl sites for hydroxylation is 1. The van der Waals surface area contributed by atoms with Gasteiger partial charge in [-0.15, -0.1) is 22.7 Å². The number of piperidine rings is 1. The van der Waals surface area contributed by atoms with Gasteiger partial charge in [0.25, 0.3) is 0 Å². The van der Waals surface area contributed by atoms with E-state index in [1.54, 1.807) is 11.8 Å². The Morgan fingerprint density at radius 1 is 1.23 bits per heavy atom. The summed E-state index contributed by atoms with van der Waals surface area (Å²) in [6.45, 7) is 3.21. The first kappa shape index (κ1) is 20.8. The zero-order valence-electron chi connectivity index (χ0n) is 16.7. The lowest BCUT2D eigenvalue weighted by Gasteiger charge is -2.31. The van der Waals surface area contributed by atoms with E-state index >= 15 is 0 Å². The van der Waals surface area contributed by atoms with Gasteiger partial charge in [-0.3, -0.25) is 14.9 Å². The molecule has 1 aliphatic heterocycles. The van der Waals surface area contributed by atoms with E-state index in [0.717, 1.165) is 22.0 Å². The summed E-state index contributed by atoms with van der Waals surface area (Å²) in [4.78, 5) is 44.4. The topological polar surface area (TPSA) is 101 Å². The number of likely N-dealkylation sites (tertiary alicyclic amines) is 1. The molecule has 3 amide bonds. The fraction of sp³-hybridized carbons (Fsp3) is 0.500. The highest BCUT2D eigenvalue weighted by molar-refractivity contribution is 7.16. The zero-order chi connectivity index (χ0) is 21.1. The van der Waals surface area contributed by atoms with E-state index in [9.17, 15) is 14.4 Å². The Bertz CT molecular complexity index is 919. The van der Waals surface area contributed by atoms with E-state index in [1.165, 1.54) is 22.7 Å². The minimum absolute atomic E-state index is 0.0755. The number of rotatable bonds is 5. The van der Waals surface area contributed by atoms with Crippen molar-refractivity contribution in [3.8, 4) is 0 Å². The summed E-state index contributed by atoms with van der Waals surface area (Å²) in [5.41, 5.74) is 0.744. The molecule has 160 valence electrons. The minimum Gasteiger partial charge on any atom is -0.465 e. The molecule has 0 bridgehead atoms. The van der Waals surface area contributed by atoms with Gasteiger partial charge >= 0.3 is 12.0 Å². The van der Waals surface area contributed by atoms with Crippen LogP contribution in [0.15, 0.2) is 17.5 Å². The molecule has 0 radical (unpaired) electrons. The lowest BCUT2D eigenvalue weighted by atomic mass is 9.96. The minimum atomic E-state index is -0.327. The molecule has 0 spiro atoms. The standard InChI is InChI=1S/C20H24N4O4S2/c1-2-28-18(26)13-5-6-14-16(13)22-19(30-14)23-17(25)12-7-9-24(10-8-12)20(27)21-15-4-3-11-29-15/h3-4,11-13H,2,5-10H2,1H3,(H,21,27)(H,22,23,25). The molecule has 0 saturated carbocycles. The van der Waals surface area contributed by atoms with Gasteiger partial charge in [-0.1, -0.05) is 0 Å². The summed E-state index contributed by atoms with van der Waals surface area (Å²) < 4.78 is 5.13. The Kier molecular flexibility index (Phi) is 6.33. The van der Waals surface area contributed by atoms with Crippen molar-refractivity contribution >= 4 is 50.7 Å². The second kappa shape index (κ2) is 9.13. The highest BCUT2D eigenvalue weighted by Crippen LogP contribution is 2.39. The Hall–Kier alpha value is -2.46. The monoisotopic (exact) mass is 448 g/mol. The van der Waals surface area contributed by atoms with Crippen molar-refractivity contribution in [3.05, 3.63) is 28.1 Å². The van der Waals surface area contributed by atoms with Gasteiger partial charge in [0, 0.05) is 23.9 Å². The van der Waals surface area contributed by atoms with E-state index in [1.807, 2.05) is 17.5 Å². The molecule has 1 aliphatic carbocycles. The van der Waals surface area contributed by atoms with Gasteiger partial charge in [-0.2, -0.15) is 0 Å². The van der Waals surface area contributed by atoms with E-state index in [0.29, 0.717) is 44.1 Å². The summed E-state index contributed by atoms with van der Waals surface area (Å²) in [7, 11) is 0. The van der Waals surface area contributed by atoms with E-state index in [2.05, 4.69) is 15.6 Å². The average molecular weight is 449 g/mol. The van der Waals surface area contributed by atoms with E-state index < -0.39 is 0 Å². The third kappa shape index (κ3) is 4.49. The van der Waals surface area contributed by atoms with Crippen molar-refractivity contribution in [3.63, 3.8) is 0 Å². The molecule has 2 aromatic rings. The number of aromatic nitrogens is 1. The molecule has 2 aromatic heterocycles. The van der Waals surface area contributed by atoms with Crippen LogP contribution in [-0.2, 0) is 20.7 Å². The molecule has 2 N–H and O–H groups in total. The van der Waals surface area contributed by atoms with Gasteiger partial charge < -0.3 is 15.0 Å². The zero-order valence-corrected chi connectivity index (χ0v) is 18.3. The van der Waals surface area contributed by atoms with Crippen molar-refractivity contribution in [2.24, 2.45) is 5.92 Å². The predicted molar refractivity (Wildman–Crippen MR) is 116 cm³/mol. The van der Waals surface area contributed by atoms with Crippen LogP contribution in [0.1, 0.15) is 42.7 Å². The summed E-state index contributed by atoms with van der Waals surface area (Å²) >= 11 is 2.92. The third-order valence-electron chi connectivity index (χ3n) is 5.42. The molecule has 30 heavy (non-hydrogen) atoms. The van der Waals surface area contributed by atoms with Crippen LogP contribution < -0.4 is 10.6 Å². The third-order valence-corrected chi connectivity index (χ3v) is 7.25. The van der Waals surface area contributed by atoms with Gasteiger partial charge in [0.1, 0.15) is 5.92 Å². The fourth-order valence-electron chi connectivity index (χ4n) is 3.84. The van der Waals surface area contributed by atoms with Crippen molar-refractivity contribution < 1.29 is 19.1 Å². The molecule has 0 aromatic carbocycles. The summed E-state index contributed by atoms with van der Waals surface area (Å²) in [5.74, 6) is -0.802. The Labute approximate surface area is 182 Å². The molecule has 1 saturated heterocycles. The van der Waals surface area contributed by atoms with Crippen LogP contribution in [0.5, 0.6) is 0 Å². The summed E-state index contributed by atoms with van der Waals surface area (Å²) in [5, 5.41) is 9.06. The largest absolute Gasteiger partial charge is 0.465 e. The predicted octanol–water partition coefficient (Wildman–Crippen LogP) is 3.68. The highest BCUT2D eigenvalue weighted by atomic mass is 32.1. The van der Waals surface area contributed by atoms with Crippen LogP contribution in [-0.4, -0.2) is 47.5 Å². The molecule has 2 aliphatic rings. The number of esters is 1. The average Bonchev–Trinajstić information content (AvgIpc) is 3.46. The molecular weight excluding hydrogens is 424 g/mol. The Balaban J connectivity index is 1.29. The van der Waals surface area contributed by atoms with Crippen molar-refractivity contribution in [2.75, 3.05) is 30.3 Å². The molecule has 10 heteroatoms. The first-order valence-electron chi connectivity index (χ1n) is 10.1. The second-order valence-electron chi connectivity index (χ2n) is 7.33. The van der Waals surface area contributed by atoms with Crippen LogP contribution in [0.25, 0.3) is 0 Å². The fourth-order valence-corrected chi connectivity index (χ4v) is 5.49. The molecule has 8 nitrogen and oxygen atoms in total. The van der Waals surface area contributed by atoms with Gasteiger partial charge in [0.15, 0.2) is 5.13 Å². The molecule has 3 heterocycles. The number of carbonyl (C=O) groups is 3. The maximum absolute atomic E-state index is 12.7. The molecule has 1 atom stereocenters. The van der Waals surface area contributed by atoms with Crippen LogP contribution in [0.4, 0.5) is 14.9 Å². The van der Waals surface area contributed by atoms with Crippen LogP contribution in [0.2, 0.25) is 0 Å². The van der Waals surface area contributed by atoms with Crippen LogP contribution in [0, 0.1) is 5.92 Å². The van der Waals surface area contributed by atoms with Gasteiger partial charge in [0.2, 0.25) is 5.91 Å². The number of amides is 3. The summed E-state index contributed by atoms with van der Waals surface area (Å²) in [6.07, 6.45) is 2.72. The SMILES string of the molecule is CCOC(=O)C1CCc2sc(NC(=O)C3CCN(C(=O)Nc4cccs4)CC3)nc21. The first-order chi connectivity index (χ1) is 14.5. The second-order valence-corrected chi connectivity index (χ2v) is 9.36. The van der Waals surface area contributed by atoms with E-state index in [-0.39, 0.29) is 29.7 Å². The number of hydrogen-bond acceptors (Lipinski definition) is 7. The normalized spacial score (nSPS) is 18.7. The van der Waals surface area contributed by atoms with Crippen molar-refractivity contribution in [1.29, 1.82) is 0 Å². The number of ether oxygens (including phenoxy) is 1. The maximum Gasteiger partial charge on any atom is 0.322 e. The number of fused-ring (bicyclic) bond motifs is 1. The number of carbonyl (C=O) groups excluding carboxylic acids is 3. The van der Waals surface area contributed by atoms with Crippen LogP contribution >= 0.6 is 22.7 Å². The quantitative estimate of drug-likeness (QED) is 0.680. The number of thiazole rings is 1. The first-order valence-corrected chi connectivity index (χ1v) is 11.8. The van der Waals surface area contributed by atoms with Crippen LogP contribution in [0.3, 0.4) is 0 Å². The number of hydrogen-bond donors (Lipinski definition) is 2.